The highest BCUT2D eigenvalue weighted by Gasteiger charge is 2.21. The average molecular weight is 306 g/mol. The van der Waals surface area contributed by atoms with E-state index in [1.807, 2.05) is 12.1 Å². The number of rotatable bonds is 1. The lowest BCUT2D eigenvalue weighted by molar-refractivity contribution is 1.25. The maximum absolute atomic E-state index is 4.63. The van der Waals surface area contributed by atoms with Crippen molar-refractivity contribution < 1.29 is 0 Å². The summed E-state index contributed by atoms with van der Waals surface area (Å²) in [7, 11) is 0. The van der Waals surface area contributed by atoms with Gasteiger partial charge in [-0.2, -0.15) is 0 Å². The van der Waals surface area contributed by atoms with Crippen molar-refractivity contribution in [2.24, 2.45) is 0 Å². The first kappa shape index (κ1) is 13.1. The Balaban J connectivity index is 1.94. The van der Waals surface area contributed by atoms with E-state index in [1.165, 1.54) is 33.4 Å². The molecule has 1 aliphatic rings. The molecule has 3 aromatic rings. The smallest absolute Gasteiger partial charge is 0.0130 e. The summed E-state index contributed by atoms with van der Waals surface area (Å²) in [4.78, 5) is 1.92. The Bertz CT molecular complexity index is 850. The van der Waals surface area contributed by atoms with Crippen LogP contribution in [0.3, 0.4) is 0 Å². The van der Waals surface area contributed by atoms with Crippen molar-refractivity contribution in [2.75, 3.05) is 0 Å². The Labute approximate surface area is 135 Å². The summed E-state index contributed by atoms with van der Waals surface area (Å²) in [6, 6.07) is 21.4. The molecule has 2 heteroatoms. The molecule has 21 heavy (non-hydrogen) atoms. The molecule has 0 spiro atoms. The minimum absolute atomic E-state index is 0.944. The summed E-state index contributed by atoms with van der Waals surface area (Å²) in [6.45, 7) is 0. The van der Waals surface area contributed by atoms with Gasteiger partial charge in [0.15, 0.2) is 0 Å². The third-order valence-corrected chi connectivity index (χ3v) is 4.77. The third kappa shape index (κ3) is 2.10. The van der Waals surface area contributed by atoms with Gasteiger partial charge in [-0.25, -0.2) is 0 Å². The fourth-order valence-electron chi connectivity index (χ4n) is 3.16. The molecule has 0 fully saturated rings. The molecule has 3 aromatic carbocycles. The number of fused-ring (bicyclic) bond motifs is 3. The van der Waals surface area contributed by atoms with Gasteiger partial charge in [-0.15, -0.1) is 25.3 Å². The summed E-state index contributed by atoms with van der Waals surface area (Å²) in [5.74, 6) is 0. The Kier molecular flexibility index (Phi) is 3.09. The average Bonchev–Trinajstić information content (AvgIpc) is 2.86. The standard InChI is InChI=1S/C19H14S2/c20-13-8-9-17(19(21)11-13)16-7-3-6-15-14-5-2-1-4-12(14)10-18(15)16/h1-9,11,20-21H,10H2. The molecule has 0 N–H and O–H groups in total. The van der Waals surface area contributed by atoms with E-state index in [0.29, 0.717) is 0 Å². The van der Waals surface area contributed by atoms with Crippen molar-refractivity contribution in [1.29, 1.82) is 0 Å². The SMILES string of the molecule is Sc1ccc(-c2cccc3c2Cc2ccccc2-3)c(S)c1. The zero-order valence-corrected chi connectivity index (χ0v) is 13.2. The van der Waals surface area contributed by atoms with Gasteiger partial charge in [0.1, 0.15) is 0 Å². The van der Waals surface area contributed by atoms with Crippen molar-refractivity contribution in [1.82, 2.24) is 0 Å². The van der Waals surface area contributed by atoms with Gasteiger partial charge in [-0.1, -0.05) is 48.5 Å². The van der Waals surface area contributed by atoms with E-state index in [0.717, 1.165) is 16.2 Å². The lowest BCUT2D eigenvalue weighted by Crippen LogP contribution is -1.89. The largest absolute Gasteiger partial charge is 0.143 e. The summed E-state index contributed by atoms with van der Waals surface area (Å²) >= 11 is 9.02. The van der Waals surface area contributed by atoms with E-state index in [4.69, 9.17) is 0 Å². The Morgan fingerprint density at radius 1 is 0.667 bits per heavy atom. The van der Waals surface area contributed by atoms with E-state index in [9.17, 15) is 0 Å². The van der Waals surface area contributed by atoms with Crippen LogP contribution in [0.25, 0.3) is 22.3 Å². The zero-order chi connectivity index (χ0) is 14.4. The van der Waals surface area contributed by atoms with Gasteiger partial charge in [0.2, 0.25) is 0 Å². The second-order valence-corrected chi connectivity index (χ2v) is 6.37. The molecule has 4 rings (SSSR count). The first-order valence-electron chi connectivity index (χ1n) is 6.96. The van der Waals surface area contributed by atoms with Crippen molar-refractivity contribution in [3.05, 3.63) is 71.8 Å². The molecule has 102 valence electrons. The second-order valence-electron chi connectivity index (χ2n) is 5.37. The molecular weight excluding hydrogens is 292 g/mol. The lowest BCUT2D eigenvalue weighted by Gasteiger charge is -2.11. The topological polar surface area (TPSA) is 0 Å². The number of hydrogen-bond acceptors (Lipinski definition) is 2. The summed E-state index contributed by atoms with van der Waals surface area (Å²) < 4.78 is 0. The third-order valence-electron chi connectivity index (χ3n) is 4.12. The van der Waals surface area contributed by atoms with E-state index >= 15 is 0 Å². The normalized spacial score (nSPS) is 12.1. The van der Waals surface area contributed by atoms with Crippen LogP contribution in [0.5, 0.6) is 0 Å². The molecule has 0 radical (unpaired) electrons. The molecule has 0 nitrogen and oxygen atoms in total. The fraction of sp³-hybridized carbons (Fsp3) is 0.0526. The molecule has 0 aromatic heterocycles. The maximum atomic E-state index is 4.63. The van der Waals surface area contributed by atoms with E-state index in [1.54, 1.807) is 0 Å². The fourth-order valence-corrected chi connectivity index (χ4v) is 3.80. The summed E-state index contributed by atoms with van der Waals surface area (Å²) in [5, 5.41) is 0. The molecular formula is C19H14S2. The number of benzene rings is 3. The van der Waals surface area contributed by atoms with Crippen LogP contribution in [0, 0.1) is 0 Å². The predicted molar refractivity (Wildman–Crippen MR) is 94.6 cm³/mol. The van der Waals surface area contributed by atoms with Gasteiger partial charge >= 0.3 is 0 Å². The van der Waals surface area contributed by atoms with Crippen LogP contribution in [0.2, 0.25) is 0 Å². The van der Waals surface area contributed by atoms with Crippen molar-refractivity contribution in [3.63, 3.8) is 0 Å². The van der Waals surface area contributed by atoms with Gasteiger partial charge in [-0.3, -0.25) is 0 Å². The predicted octanol–water partition coefficient (Wildman–Crippen LogP) is 5.50. The minimum Gasteiger partial charge on any atom is -0.143 e. The molecule has 0 heterocycles. The van der Waals surface area contributed by atoms with Crippen LogP contribution >= 0.6 is 25.3 Å². The number of hydrogen-bond donors (Lipinski definition) is 2. The van der Waals surface area contributed by atoms with E-state index < -0.39 is 0 Å². The molecule has 0 atom stereocenters. The quantitative estimate of drug-likeness (QED) is 0.426. The monoisotopic (exact) mass is 306 g/mol. The van der Waals surface area contributed by atoms with Crippen molar-refractivity contribution >= 4 is 25.3 Å². The van der Waals surface area contributed by atoms with Crippen LogP contribution in [0.15, 0.2) is 70.5 Å². The molecule has 0 saturated carbocycles. The highest BCUT2D eigenvalue weighted by atomic mass is 32.1. The van der Waals surface area contributed by atoms with E-state index in [2.05, 4.69) is 73.8 Å². The minimum atomic E-state index is 0.944. The first-order valence-corrected chi connectivity index (χ1v) is 7.86. The molecule has 0 bridgehead atoms. The Morgan fingerprint density at radius 2 is 1.38 bits per heavy atom. The van der Waals surface area contributed by atoms with Gasteiger partial charge < -0.3 is 0 Å². The van der Waals surface area contributed by atoms with Crippen LogP contribution in [0.1, 0.15) is 11.1 Å². The van der Waals surface area contributed by atoms with Crippen LogP contribution in [-0.2, 0) is 6.42 Å². The van der Waals surface area contributed by atoms with Crippen molar-refractivity contribution in [2.45, 2.75) is 16.2 Å². The second kappa shape index (κ2) is 4.97. The lowest BCUT2D eigenvalue weighted by atomic mass is 9.96. The molecule has 0 amide bonds. The van der Waals surface area contributed by atoms with Crippen LogP contribution in [-0.4, -0.2) is 0 Å². The maximum Gasteiger partial charge on any atom is 0.0130 e. The first-order chi connectivity index (χ1) is 10.2. The summed E-state index contributed by atoms with van der Waals surface area (Å²) in [6.07, 6.45) is 0.998. The molecule has 0 aliphatic heterocycles. The van der Waals surface area contributed by atoms with E-state index in [-0.39, 0.29) is 0 Å². The van der Waals surface area contributed by atoms with Crippen LogP contribution in [0.4, 0.5) is 0 Å². The molecule has 1 aliphatic carbocycles. The van der Waals surface area contributed by atoms with Crippen LogP contribution < -0.4 is 0 Å². The van der Waals surface area contributed by atoms with Gasteiger partial charge in [0, 0.05) is 9.79 Å². The van der Waals surface area contributed by atoms with Crippen molar-refractivity contribution in [3.8, 4) is 22.3 Å². The number of thiol groups is 2. The summed E-state index contributed by atoms with van der Waals surface area (Å²) in [5.41, 5.74) is 7.99. The molecule has 0 saturated heterocycles. The zero-order valence-electron chi connectivity index (χ0n) is 11.4. The highest BCUT2D eigenvalue weighted by Crippen LogP contribution is 2.42. The Morgan fingerprint density at radius 3 is 2.19 bits per heavy atom. The van der Waals surface area contributed by atoms with Gasteiger partial charge in [0.25, 0.3) is 0 Å². The van der Waals surface area contributed by atoms with Gasteiger partial charge in [-0.05, 0) is 51.9 Å². The highest BCUT2D eigenvalue weighted by molar-refractivity contribution is 7.81. The molecule has 0 unspecified atom stereocenters. The van der Waals surface area contributed by atoms with Gasteiger partial charge in [0.05, 0.1) is 0 Å². The Hall–Kier alpha value is -1.64.